The lowest BCUT2D eigenvalue weighted by Crippen LogP contribution is -2.41. The van der Waals surface area contributed by atoms with Crippen molar-refractivity contribution in [2.75, 3.05) is 17.3 Å². The van der Waals surface area contributed by atoms with Crippen LogP contribution in [0.15, 0.2) is 76.6 Å². The fourth-order valence-corrected chi connectivity index (χ4v) is 4.84. The highest BCUT2D eigenvalue weighted by atomic mass is 32.2. The first kappa shape index (κ1) is 18.0. The zero-order valence-corrected chi connectivity index (χ0v) is 16.3. The summed E-state index contributed by atoms with van der Waals surface area (Å²) in [7, 11) is 1.52. The van der Waals surface area contributed by atoms with Crippen molar-refractivity contribution >= 4 is 28.3 Å². The number of nitrogens with zero attached hydrogens (tertiary/aromatic N) is 2. The second-order valence-electron chi connectivity index (χ2n) is 6.75. The summed E-state index contributed by atoms with van der Waals surface area (Å²) in [6.45, 7) is 0. The second kappa shape index (κ2) is 7.08. The van der Waals surface area contributed by atoms with E-state index in [-0.39, 0.29) is 11.6 Å². The molecule has 0 spiro atoms. The molecule has 0 bridgehead atoms. The van der Waals surface area contributed by atoms with Gasteiger partial charge in [-0.05, 0) is 60.3 Å². The maximum atomic E-state index is 14.9. The minimum Gasteiger partial charge on any atom is -0.496 e. The van der Waals surface area contributed by atoms with Crippen LogP contribution in [0.4, 0.5) is 20.2 Å². The number of halogens is 2. The van der Waals surface area contributed by atoms with Gasteiger partial charge in [0.05, 0.1) is 18.4 Å². The largest absolute Gasteiger partial charge is 0.496 e. The number of fused-ring (bicyclic) bond motifs is 3. The van der Waals surface area contributed by atoms with Gasteiger partial charge in [0, 0.05) is 10.6 Å². The third-order valence-corrected chi connectivity index (χ3v) is 6.10. The van der Waals surface area contributed by atoms with Gasteiger partial charge in [-0.1, -0.05) is 18.2 Å². The number of anilines is 2. The number of aliphatic imine (C=N–C) groups is 1. The zero-order valence-electron chi connectivity index (χ0n) is 15.5. The quantitative estimate of drug-likeness (QED) is 0.623. The third-order valence-electron chi connectivity index (χ3n) is 5.05. The summed E-state index contributed by atoms with van der Waals surface area (Å²) in [5.74, 6) is -0.234. The minimum atomic E-state index is -0.535. The zero-order chi connectivity index (χ0) is 20.0. The van der Waals surface area contributed by atoms with Crippen LogP contribution in [-0.2, 0) is 0 Å². The summed E-state index contributed by atoms with van der Waals surface area (Å²) >= 11 is 1.55. The van der Waals surface area contributed by atoms with E-state index < -0.39 is 12.2 Å². The highest BCUT2D eigenvalue weighted by Crippen LogP contribution is 2.49. The summed E-state index contributed by atoms with van der Waals surface area (Å²) in [5, 5.41) is 4.21. The van der Waals surface area contributed by atoms with Gasteiger partial charge in [-0.2, -0.15) is 0 Å². The average Bonchev–Trinajstić information content (AvgIpc) is 3.26. The Morgan fingerprint density at radius 1 is 1.00 bits per heavy atom. The van der Waals surface area contributed by atoms with Crippen LogP contribution in [0.1, 0.15) is 11.6 Å². The first-order valence-corrected chi connectivity index (χ1v) is 9.96. The molecule has 0 radical (unpaired) electrons. The molecule has 2 aliphatic rings. The Balaban J connectivity index is 1.61. The maximum absolute atomic E-state index is 14.9. The summed E-state index contributed by atoms with van der Waals surface area (Å²) in [4.78, 5) is 8.01. The molecule has 0 saturated heterocycles. The molecule has 1 N–H and O–H groups in total. The third kappa shape index (κ3) is 3.02. The van der Waals surface area contributed by atoms with Crippen LogP contribution in [0.3, 0.4) is 0 Å². The molecule has 29 heavy (non-hydrogen) atoms. The number of para-hydroxylation sites is 1. The van der Waals surface area contributed by atoms with Gasteiger partial charge in [0.25, 0.3) is 0 Å². The summed E-state index contributed by atoms with van der Waals surface area (Å²) < 4.78 is 33.7. The fraction of sp³-hybridized carbons (Fsp3) is 0.136. The smallest absolute Gasteiger partial charge is 0.171 e. The molecule has 0 aliphatic carbocycles. The normalized spacial score (nSPS) is 19.6. The van der Waals surface area contributed by atoms with E-state index in [0.29, 0.717) is 11.3 Å². The number of amidine groups is 1. The lowest BCUT2D eigenvalue weighted by atomic mass is 10.0. The van der Waals surface area contributed by atoms with Gasteiger partial charge in [-0.25, -0.2) is 13.8 Å². The Morgan fingerprint density at radius 3 is 2.59 bits per heavy atom. The van der Waals surface area contributed by atoms with Crippen LogP contribution in [0.2, 0.25) is 0 Å². The number of nitrogens with one attached hydrogen (secondary N) is 1. The molecule has 0 saturated carbocycles. The van der Waals surface area contributed by atoms with Crippen molar-refractivity contribution in [2.24, 2.45) is 4.99 Å². The van der Waals surface area contributed by atoms with Crippen molar-refractivity contribution in [3.05, 3.63) is 83.9 Å². The number of hydrogen-bond acceptors (Lipinski definition) is 5. The minimum absolute atomic E-state index is 0.312. The molecule has 2 atom stereocenters. The molecule has 146 valence electrons. The number of rotatable bonds is 4. The second-order valence-corrected chi connectivity index (χ2v) is 7.76. The molecule has 2 unspecified atom stereocenters. The number of ether oxygens (including phenoxy) is 1. The van der Waals surface area contributed by atoms with E-state index in [9.17, 15) is 8.78 Å². The van der Waals surface area contributed by atoms with Crippen molar-refractivity contribution in [2.45, 2.75) is 17.1 Å². The van der Waals surface area contributed by atoms with Crippen LogP contribution in [0.25, 0.3) is 0 Å². The lowest BCUT2D eigenvalue weighted by Gasteiger charge is -2.30. The number of thioether (sulfide) groups is 1. The Bertz CT molecular complexity index is 1100. The molecular weight excluding hydrogens is 392 g/mol. The predicted molar refractivity (Wildman–Crippen MR) is 112 cm³/mol. The van der Waals surface area contributed by atoms with Crippen LogP contribution in [0, 0.1) is 11.6 Å². The Kier molecular flexibility index (Phi) is 4.39. The van der Waals surface area contributed by atoms with Crippen LogP contribution >= 0.6 is 11.8 Å². The summed E-state index contributed by atoms with van der Waals surface area (Å²) in [6, 6.07) is 18.4. The van der Waals surface area contributed by atoms with E-state index in [1.54, 1.807) is 36.0 Å². The SMILES string of the molecule is COc1cccc(F)c1C1N=C2Sc3ccccc3N2C1Nc1ccc(F)cc1. The van der Waals surface area contributed by atoms with E-state index in [0.717, 1.165) is 21.4 Å². The van der Waals surface area contributed by atoms with E-state index in [2.05, 4.69) is 10.2 Å². The summed E-state index contributed by atoms with van der Waals surface area (Å²) in [6.07, 6.45) is -0.391. The molecule has 4 nitrogen and oxygen atoms in total. The van der Waals surface area contributed by atoms with Gasteiger partial charge >= 0.3 is 0 Å². The van der Waals surface area contributed by atoms with Gasteiger partial charge in [0.2, 0.25) is 0 Å². The monoisotopic (exact) mass is 409 g/mol. The number of benzene rings is 3. The highest BCUT2D eigenvalue weighted by Gasteiger charge is 2.44. The van der Waals surface area contributed by atoms with Crippen molar-refractivity contribution in [3.63, 3.8) is 0 Å². The summed E-state index contributed by atoms with van der Waals surface area (Å²) in [5.41, 5.74) is 2.13. The first-order valence-electron chi connectivity index (χ1n) is 9.14. The van der Waals surface area contributed by atoms with Crippen LogP contribution in [0.5, 0.6) is 5.75 Å². The van der Waals surface area contributed by atoms with Gasteiger partial charge in [-0.3, -0.25) is 4.90 Å². The highest BCUT2D eigenvalue weighted by molar-refractivity contribution is 8.14. The van der Waals surface area contributed by atoms with Crippen molar-refractivity contribution in [3.8, 4) is 5.75 Å². The molecule has 0 amide bonds. The van der Waals surface area contributed by atoms with Gasteiger partial charge in [0.15, 0.2) is 5.17 Å². The molecule has 3 aromatic rings. The van der Waals surface area contributed by atoms with Crippen molar-refractivity contribution in [1.29, 1.82) is 0 Å². The molecular formula is C22H17F2N3OS. The predicted octanol–water partition coefficient (Wildman–Crippen LogP) is 5.43. The molecule has 5 rings (SSSR count). The van der Waals surface area contributed by atoms with Crippen LogP contribution in [-0.4, -0.2) is 18.4 Å². The van der Waals surface area contributed by atoms with Gasteiger partial charge < -0.3 is 10.1 Å². The average molecular weight is 409 g/mol. The molecule has 2 heterocycles. The topological polar surface area (TPSA) is 36.9 Å². The molecule has 0 aromatic heterocycles. The molecule has 2 aliphatic heterocycles. The van der Waals surface area contributed by atoms with Crippen molar-refractivity contribution < 1.29 is 13.5 Å². The first-order chi connectivity index (χ1) is 14.2. The van der Waals surface area contributed by atoms with Gasteiger partial charge in [-0.15, -0.1) is 0 Å². The Morgan fingerprint density at radius 2 is 1.79 bits per heavy atom. The molecule has 3 aromatic carbocycles. The lowest BCUT2D eigenvalue weighted by molar-refractivity contribution is 0.397. The maximum Gasteiger partial charge on any atom is 0.171 e. The standard InChI is InChI=1S/C22H17F2N3OS/c1-28-17-7-4-5-15(24)19(17)20-21(25-14-11-9-13(23)10-12-14)27-16-6-2-3-8-18(16)29-22(27)26-20/h2-12,20-21,25H,1H3. The van der Waals surface area contributed by atoms with E-state index >= 15 is 0 Å². The van der Waals surface area contributed by atoms with E-state index in [1.165, 1.54) is 25.3 Å². The number of hydrogen-bond donors (Lipinski definition) is 1. The molecule has 7 heteroatoms. The Labute approximate surface area is 171 Å². The van der Waals surface area contributed by atoms with Crippen molar-refractivity contribution in [1.82, 2.24) is 0 Å². The van der Waals surface area contributed by atoms with Crippen LogP contribution < -0.4 is 15.0 Å². The van der Waals surface area contributed by atoms with E-state index in [4.69, 9.17) is 9.73 Å². The molecule has 0 fully saturated rings. The van der Waals surface area contributed by atoms with E-state index in [1.807, 2.05) is 24.3 Å². The number of methoxy groups -OCH3 is 1. The van der Waals surface area contributed by atoms with Gasteiger partial charge in [0.1, 0.15) is 29.6 Å². The Hall–Kier alpha value is -3.06. The fourth-order valence-electron chi connectivity index (χ4n) is 3.75.